The average Bonchev–Trinajstić information content (AvgIpc) is 3.32. The van der Waals surface area contributed by atoms with Crippen LogP contribution in [0.4, 0.5) is 5.69 Å². The van der Waals surface area contributed by atoms with Crippen LogP contribution >= 0.6 is 35.0 Å². The molecule has 1 heterocycles. The Bertz CT molecular complexity index is 684. The molecule has 0 spiro atoms. The maximum atomic E-state index is 6.27. The molecule has 0 amide bonds. The Labute approximate surface area is 137 Å². The van der Waals surface area contributed by atoms with Crippen LogP contribution in [0.2, 0.25) is 10.0 Å². The molecule has 0 aliphatic heterocycles. The number of rotatable bonds is 4. The van der Waals surface area contributed by atoms with Gasteiger partial charge in [0.2, 0.25) is 0 Å². The molecule has 0 saturated heterocycles. The van der Waals surface area contributed by atoms with E-state index in [1.165, 1.54) is 37.4 Å². The monoisotopic (exact) mass is 340 g/mol. The molecule has 2 aromatic rings. The van der Waals surface area contributed by atoms with Crippen molar-refractivity contribution in [3.63, 3.8) is 0 Å². The van der Waals surface area contributed by atoms with Gasteiger partial charge in [0.25, 0.3) is 0 Å². The van der Waals surface area contributed by atoms with E-state index in [1.807, 2.05) is 0 Å². The van der Waals surface area contributed by atoms with Gasteiger partial charge in [-0.05, 0) is 49.6 Å². The number of anilines is 1. The van der Waals surface area contributed by atoms with Crippen molar-refractivity contribution in [2.24, 2.45) is 0 Å². The van der Waals surface area contributed by atoms with Gasteiger partial charge < -0.3 is 10.3 Å². The third-order valence-electron chi connectivity index (χ3n) is 3.76. The first-order valence-corrected chi connectivity index (χ1v) is 8.58. The van der Waals surface area contributed by atoms with Crippen molar-refractivity contribution in [2.45, 2.75) is 47.7 Å². The van der Waals surface area contributed by atoms with Crippen molar-refractivity contribution < 1.29 is 0 Å². The van der Waals surface area contributed by atoms with E-state index in [9.17, 15) is 0 Å². The summed E-state index contributed by atoms with van der Waals surface area (Å²) in [4.78, 5) is 0.796. The molecule has 0 radical (unpaired) electrons. The molecule has 1 aromatic heterocycles. The Morgan fingerprint density at radius 2 is 1.76 bits per heavy atom. The molecule has 2 aliphatic carbocycles. The first-order chi connectivity index (χ1) is 10.1. The smallest absolute Gasteiger partial charge is 0.196 e. The second-order valence-corrected chi connectivity index (χ2v) is 7.42. The number of nitrogen functional groups attached to an aromatic ring is 1. The minimum absolute atomic E-state index is 0.546. The highest BCUT2D eigenvalue weighted by atomic mass is 35.5. The Morgan fingerprint density at radius 1 is 1.10 bits per heavy atom. The molecule has 2 saturated carbocycles. The number of benzene rings is 1. The Hall–Kier alpha value is -0.910. The van der Waals surface area contributed by atoms with Crippen LogP contribution in [0.1, 0.15) is 43.5 Å². The maximum Gasteiger partial charge on any atom is 0.196 e. The van der Waals surface area contributed by atoms with Gasteiger partial charge in [0, 0.05) is 17.6 Å². The number of hydrogen-bond acceptors (Lipinski definition) is 4. The van der Waals surface area contributed by atoms with Crippen LogP contribution in [-0.4, -0.2) is 14.8 Å². The van der Waals surface area contributed by atoms with Gasteiger partial charge in [0.05, 0.1) is 14.9 Å². The maximum absolute atomic E-state index is 6.27. The zero-order valence-electron chi connectivity index (χ0n) is 11.2. The topological polar surface area (TPSA) is 56.7 Å². The zero-order chi connectivity index (χ0) is 14.6. The number of hydrogen-bond donors (Lipinski definition) is 1. The van der Waals surface area contributed by atoms with Gasteiger partial charge >= 0.3 is 0 Å². The van der Waals surface area contributed by atoms with E-state index < -0.39 is 0 Å². The van der Waals surface area contributed by atoms with Crippen molar-refractivity contribution in [2.75, 3.05) is 5.73 Å². The summed E-state index contributed by atoms with van der Waals surface area (Å²) < 4.78 is 2.28. The normalized spacial score (nSPS) is 18.2. The fourth-order valence-electron chi connectivity index (χ4n) is 2.42. The van der Waals surface area contributed by atoms with Gasteiger partial charge in [0.1, 0.15) is 5.82 Å². The molecule has 110 valence electrons. The summed E-state index contributed by atoms with van der Waals surface area (Å²) >= 11 is 14.0. The number of halogens is 2. The SMILES string of the molecule is Nc1cc(Cl)c(Sc2nnc(C3CC3)n2C2CC2)c(Cl)c1. The molecule has 4 rings (SSSR count). The summed E-state index contributed by atoms with van der Waals surface area (Å²) in [7, 11) is 0. The lowest BCUT2D eigenvalue weighted by molar-refractivity contribution is 0.627. The lowest BCUT2D eigenvalue weighted by Gasteiger charge is -2.10. The molecule has 1 aromatic carbocycles. The largest absolute Gasteiger partial charge is 0.399 e. The van der Waals surface area contributed by atoms with Crippen molar-refractivity contribution in [1.29, 1.82) is 0 Å². The van der Waals surface area contributed by atoms with E-state index in [0.717, 1.165) is 15.9 Å². The van der Waals surface area contributed by atoms with Gasteiger partial charge in [0.15, 0.2) is 5.16 Å². The third kappa shape index (κ3) is 2.62. The fraction of sp³-hybridized carbons (Fsp3) is 0.429. The Morgan fingerprint density at radius 3 is 2.33 bits per heavy atom. The van der Waals surface area contributed by atoms with Crippen LogP contribution < -0.4 is 5.73 Å². The molecule has 4 nitrogen and oxygen atoms in total. The van der Waals surface area contributed by atoms with E-state index >= 15 is 0 Å². The quantitative estimate of drug-likeness (QED) is 0.830. The number of nitrogens with two attached hydrogens (primary N) is 1. The van der Waals surface area contributed by atoms with Crippen LogP contribution in [-0.2, 0) is 0 Å². The van der Waals surface area contributed by atoms with E-state index in [-0.39, 0.29) is 0 Å². The molecular formula is C14H14Cl2N4S. The standard InChI is InChI=1S/C14H14Cl2N4S/c15-10-5-8(17)6-11(16)12(10)21-14-19-18-13(7-1-2-7)20(14)9-3-4-9/h5-7,9H,1-4,17H2. The Balaban J connectivity index is 1.71. The van der Waals surface area contributed by atoms with Crippen molar-refractivity contribution in [1.82, 2.24) is 14.8 Å². The van der Waals surface area contributed by atoms with Gasteiger partial charge in [-0.2, -0.15) is 0 Å². The second kappa shape index (κ2) is 5.07. The molecule has 21 heavy (non-hydrogen) atoms. The first kappa shape index (κ1) is 13.7. The third-order valence-corrected chi connectivity index (χ3v) is 5.68. The molecular weight excluding hydrogens is 327 g/mol. The average molecular weight is 341 g/mol. The van der Waals surface area contributed by atoms with Crippen LogP contribution in [0.25, 0.3) is 0 Å². The zero-order valence-corrected chi connectivity index (χ0v) is 13.5. The highest BCUT2D eigenvalue weighted by Gasteiger charge is 2.36. The van der Waals surface area contributed by atoms with E-state index in [2.05, 4.69) is 14.8 Å². The first-order valence-electron chi connectivity index (χ1n) is 7.00. The lowest BCUT2D eigenvalue weighted by Crippen LogP contribution is -2.01. The summed E-state index contributed by atoms with van der Waals surface area (Å²) in [6.07, 6.45) is 4.85. The predicted molar refractivity (Wildman–Crippen MR) is 85.3 cm³/mol. The van der Waals surface area contributed by atoms with Crippen LogP contribution in [0.3, 0.4) is 0 Å². The molecule has 7 heteroatoms. The van der Waals surface area contributed by atoms with Gasteiger partial charge in [-0.15, -0.1) is 10.2 Å². The highest BCUT2D eigenvalue weighted by Crippen LogP contribution is 2.48. The van der Waals surface area contributed by atoms with Crippen LogP contribution in [0.15, 0.2) is 22.2 Å². The molecule has 2 aliphatic rings. The number of aromatic nitrogens is 3. The summed E-state index contributed by atoms with van der Waals surface area (Å²) in [5.41, 5.74) is 6.32. The molecule has 0 unspecified atom stereocenters. The predicted octanol–water partition coefficient (Wildman–Crippen LogP) is 4.53. The van der Waals surface area contributed by atoms with Crippen LogP contribution in [0.5, 0.6) is 0 Å². The van der Waals surface area contributed by atoms with Gasteiger partial charge in [-0.1, -0.05) is 23.2 Å². The fourth-order valence-corrected chi connectivity index (χ4v) is 4.08. The summed E-state index contributed by atoms with van der Waals surface area (Å²) in [5.74, 6) is 1.72. The lowest BCUT2D eigenvalue weighted by atomic mass is 10.3. The number of nitrogens with zero attached hydrogens (tertiary/aromatic N) is 3. The molecule has 0 atom stereocenters. The molecule has 2 N–H and O–H groups in total. The summed E-state index contributed by atoms with van der Waals surface area (Å²) in [5, 5.41) is 10.8. The molecule has 0 bridgehead atoms. The van der Waals surface area contributed by atoms with Crippen molar-refractivity contribution in [3.05, 3.63) is 28.0 Å². The highest BCUT2D eigenvalue weighted by molar-refractivity contribution is 7.99. The van der Waals surface area contributed by atoms with Crippen molar-refractivity contribution >= 4 is 40.7 Å². The van der Waals surface area contributed by atoms with Gasteiger partial charge in [-0.3, -0.25) is 0 Å². The second-order valence-electron chi connectivity index (χ2n) is 5.63. The van der Waals surface area contributed by atoms with E-state index in [1.54, 1.807) is 12.1 Å². The summed E-state index contributed by atoms with van der Waals surface area (Å²) in [6, 6.07) is 3.98. The minimum Gasteiger partial charge on any atom is -0.399 e. The minimum atomic E-state index is 0.546. The molecule has 2 fully saturated rings. The summed E-state index contributed by atoms with van der Waals surface area (Å²) in [6.45, 7) is 0. The van der Waals surface area contributed by atoms with Crippen molar-refractivity contribution in [3.8, 4) is 0 Å². The van der Waals surface area contributed by atoms with Gasteiger partial charge in [-0.25, -0.2) is 0 Å². The van der Waals surface area contributed by atoms with E-state index in [0.29, 0.717) is 27.7 Å². The van der Waals surface area contributed by atoms with Crippen LogP contribution in [0, 0.1) is 0 Å². The Kier molecular flexibility index (Phi) is 3.32. The van der Waals surface area contributed by atoms with E-state index in [4.69, 9.17) is 28.9 Å².